The first kappa shape index (κ1) is 7.54. The SMILES string of the molecule is Cc1cccc(F)c1NBr. The van der Waals surface area contributed by atoms with Gasteiger partial charge >= 0.3 is 0 Å². The summed E-state index contributed by atoms with van der Waals surface area (Å²) in [4.78, 5) is 0. The van der Waals surface area contributed by atoms with Gasteiger partial charge < -0.3 is 4.34 Å². The predicted octanol–water partition coefficient (Wildman–Crippen LogP) is 2.86. The molecule has 0 amide bonds. The van der Waals surface area contributed by atoms with Gasteiger partial charge in [-0.25, -0.2) is 4.39 Å². The van der Waals surface area contributed by atoms with Crippen molar-refractivity contribution < 1.29 is 4.39 Å². The zero-order chi connectivity index (χ0) is 7.56. The standard InChI is InChI=1S/C7H7BrFN/c1-5-3-2-4-6(9)7(5)10-8/h2-4,10H,1H3. The van der Waals surface area contributed by atoms with Crippen LogP contribution in [0.15, 0.2) is 18.2 Å². The molecule has 1 nitrogen and oxygen atoms in total. The van der Waals surface area contributed by atoms with E-state index >= 15 is 0 Å². The maximum atomic E-state index is 12.8. The molecule has 0 saturated carbocycles. The monoisotopic (exact) mass is 203 g/mol. The number of halogens is 2. The van der Waals surface area contributed by atoms with Crippen LogP contribution in [0.2, 0.25) is 0 Å². The highest BCUT2D eigenvalue weighted by atomic mass is 79.9. The van der Waals surface area contributed by atoms with E-state index in [2.05, 4.69) is 20.5 Å². The first-order chi connectivity index (χ1) is 4.75. The van der Waals surface area contributed by atoms with Crippen molar-refractivity contribution in [2.24, 2.45) is 0 Å². The van der Waals surface area contributed by atoms with Crippen LogP contribution >= 0.6 is 16.1 Å². The number of rotatable bonds is 1. The van der Waals surface area contributed by atoms with Gasteiger partial charge in [0.15, 0.2) is 0 Å². The Hall–Kier alpha value is -0.570. The van der Waals surface area contributed by atoms with Crippen molar-refractivity contribution in [3.63, 3.8) is 0 Å². The van der Waals surface area contributed by atoms with E-state index in [4.69, 9.17) is 0 Å². The number of aryl methyl sites for hydroxylation is 1. The lowest BCUT2D eigenvalue weighted by Crippen LogP contribution is -1.88. The molecule has 0 unspecified atom stereocenters. The van der Waals surface area contributed by atoms with Crippen LogP contribution in [-0.2, 0) is 0 Å². The van der Waals surface area contributed by atoms with Gasteiger partial charge in [-0.2, -0.15) is 0 Å². The molecule has 0 aliphatic heterocycles. The lowest BCUT2D eigenvalue weighted by atomic mass is 10.2. The second-order valence-corrected chi connectivity index (χ2v) is 2.42. The van der Waals surface area contributed by atoms with E-state index in [1.54, 1.807) is 6.07 Å². The fourth-order valence-corrected chi connectivity index (χ4v) is 1.25. The van der Waals surface area contributed by atoms with Crippen molar-refractivity contribution in [3.05, 3.63) is 29.6 Å². The van der Waals surface area contributed by atoms with Gasteiger partial charge in [-0.15, -0.1) is 0 Å². The first-order valence-corrected chi connectivity index (χ1v) is 3.66. The molecule has 3 heteroatoms. The van der Waals surface area contributed by atoms with Gasteiger partial charge in [0, 0.05) is 16.1 Å². The molecule has 1 N–H and O–H groups in total. The minimum atomic E-state index is -0.239. The molecule has 0 atom stereocenters. The summed E-state index contributed by atoms with van der Waals surface area (Å²) >= 11 is 2.97. The van der Waals surface area contributed by atoms with Crippen molar-refractivity contribution in [1.82, 2.24) is 0 Å². The molecule has 0 bridgehead atoms. The average molecular weight is 204 g/mol. The number of benzene rings is 1. The van der Waals surface area contributed by atoms with E-state index in [-0.39, 0.29) is 5.82 Å². The molecular weight excluding hydrogens is 197 g/mol. The lowest BCUT2D eigenvalue weighted by molar-refractivity contribution is 0.632. The minimum absolute atomic E-state index is 0.239. The van der Waals surface area contributed by atoms with Crippen LogP contribution in [0.1, 0.15) is 5.56 Å². The molecule has 0 spiro atoms. The van der Waals surface area contributed by atoms with Crippen molar-refractivity contribution in [2.75, 3.05) is 4.34 Å². The second-order valence-electron chi connectivity index (χ2n) is 2.03. The summed E-state index contributed by atoms with van der Waals surface area (Å²) in [7, 11) is 0. The van der Waals surface area contributed by atoms with Crippen LogP contribution in [0.5, 0.6) is 0 Å². The summed E-state index contributed by atoms with van der Waals surface area (Å²) in [5, 5.41) is 0. The van der Waals surface area contributed by atoms with Crippen LogP contribution in [0.3, 0.4) is 0 Å². The zero-order valence-corrected chi connectivity index (χ0v) is 7.07. The molecule has 1 rings (SSSR count). The van der Waals surface area contributed by atoms with Crippen LogP contribution in [-0.4, -0.2) is 0 Å². The van der Waals surface area contributed by atoms with Crippen molar-refractivity contribution in [3.8, 4) is 0 Å². The molecule has 0 saturated heterocycles. The van der Waals surface area contributed by atoms with Crippen LogP contribution in [0, 0.1) is 12.7 Å². The second kappa shape index (κ2) is 3.01. The van der Waals surface area contributed by atoms with Crippen LogP contribution < -0.4 is 4.34 Å². The molecule has 1 aromatic rings. The van der Waals surface area contributed by atoms with Crippen molar-refractivity contribution in [2.45, 2.75) is 6.92 Å². The Labute approximate surface area is 67.6 Å². The third-order valence-corrected chi connectivity index (χ3v) is 1.71. The fraction of sp³-hybridized carbons (Fsp3) is 0.143. The molecule has 0 heterocycles. The van der Waals surface area contributed by atoms with Crippen molar-refractivity contribution in [1.29, 1.82) is 0 Å². The highest BCUT2D eigenvalue weighted by Crippen LogP contribution is 2.19. The van der Waals surface area contributed by atoms with Crippen LogP contribution in [0.25, 0.3) is 0 Å². The van der Waals surface area contributed by atoms with E-state index in [9.17, 15) is 4.39 Å². The molecule has 0 aromatic heterocycles. The third kappa shape index (κ3) is 1.29. The number of anilines is 1. The highest BCUT2D eigenvalue weighted by molar-refractivity contribution is 9.10. The van der Waals surface area contributed by atoms with Gasteiger partial charge in [0.1, 0.15) is 5.82 Å². The maximum Gasteiger partial charge on any atom is 0.147 e. The summed E-state index contributed by atoms with van der Waals surface area (Å²) < 4.78 is 15.4. The van der Waals surface area contributed by atoms with Gasteiger partial charge in [-0.1, -0.05) is 12.1 Å². The first-order valence-electron chi connectivity index (χ1n) is 2.87. The molecule has 0 aliphatic carbocycles. The van der Waals surface area contributed by atoms with Crippen LogP contribution in [0.4, 0.5) is 10.1 Å². The number of hydrogen-bond donors (Lipinski definition) is 1. The molecule has 0 aliphatic rings. The Balaban J connectivity index is 3.17. The Bertz CT molecular complexity index is 217. The number of para-hydroxylation sites is 1. The summed E-state index contributed by atoms with van der Waals surface area (Å²) in [6.07, 6.45) is 0. The molecule has 10 heavy (non-hydrogen) atoms. The average Bonchev–Trinajstić information content (AvgIpc) is 1.88. The van der Waals surface area contributed by atoms with Gasteiger partial charge in [0.25, 0.3) is 0 Å². The summed E-state index contributed by atoms with van der Waals surface area (Å²) in [5.74, 6) is -0.239. The van der Waals surface area contributed by atoms with Gasteiger partial charge in [-0.3, -0.25) is 0 Å². The molecule has 54 valence electrons. The van der Waals surface area contributed by atoms with Gasteiger partial charge in [0.2, 0.25) is 0 Å². The van der Waals surface area contributed by atoms with E-state index < -0.39 is 0 Å². The van der Waals surface area contributed by atoms with E-state index in [1.165, 1.54) is 6.07 Å². The Kier molecular flexibility index (Phi) is 2.27. The minimum Gasteiger partial charge on any atom is -0.320 e. The van der Waals surface area contributed by atoms with Gasteiger partial charge in [-0.05, 0) is 18.6 Å². The zero-order valence-electron chi connectivity index (χ0n) is 5.49. The largest absolute Gasteiger partial charge is 0.320 e. The number of nitrogens with one attached hydrogen (secondary N) is 1. The molecule has 0 fully saturated rings. The topological polar surface area (TPSA) is 12.0 Å². The predicted molar refractivity (Wildman–Crippen MR) is 43.7 cm³/mol. The Morgan fingerprint density at radius 1 is 1.50 bits per heavy atom. The fourth-order valence-electron chi connectivity index (χ4n) is 0.752. The van der Waals surface area contributed by atoms with Crippen molar-refractivity contribution >= 4 is 21.8 Å². The molecule has 0 radical (unpaired) electrons. The van der Waals surface area contributed by atoms with E-state index in [1.807, 2.05) is 13.0 Å². The van der Waals surface area contributed by atoms with E-state index in [0.29, 0.717) is 5.69 Å². The van der Waals surface area contributed by atoms with Gasteiger partial charge in [0.05, 0.1) is 5.69 Å². The Morgan fingerprint density at radius 2 is 2.20 bits per heavy atom. The molecular formula is C7H7BrFN. The summed E-state index contributed by atoms with van der Waals surface area (Å²) in [6, 6.07) is 4.93. The van der Waals surface area contributed by atoms with E-state index in [0.717, 1.165) is 5.56 Å². The smallest absolute Gasteiger partial charge is 0.147 e. The summed E-state index contributed by atoms with van der Waals surface area (Å²) in [6.45, 7) is 1.84. The lowest BCUT2D eigenvalue weighted by Gasteiger charge is -2.02. The third-order valence-electron chi connectivity index (χ3n) is 1.32. The summed E-state index contributed by atoms with van der Waals surface area (Å²) in [5.41, 5.74) is 1.39. The number of hydrogen-bond acceptors (Lipinski definition) is 1. The Morgan fingerprint density at radius 3 is 2.60 bits per heavy atom. The normalized spacial score (nSPS) is 9.50. The highest BCUT2D eigenvalue weighted by Gasteiger charge is 2.00. The quantitative estimate of drug-likeness (QED) is 0.693. The maximum absolute atomic E-state index is 12.8. The molecule has 1 aromatic carbocycles.